The molecule has 0 spiro atoms. The van der Waals surface area contributed by atoms with Gasteiger partial charge in [0.15, 0.2) is 5.03 Å². The number of halogens is 2. The summed E-state index contributed by atoms with van der Waals surface area (Å²) in [6.07, 6.45) is 1.65. The van der Waals surface area contributed by atoms with E-state index in [1.165, 1.54) is 0 Å². The molecule has 0 aromatic carbocycles. The van der Waals surface area contributed by atoms with Crippen LogP contribution in [0.4, 0.5) is 0 Å². The van der Waals surface area contributed by atoms with Crippen molar-refractivity contribution in [1.29, 1.82) is 0 Å². The van der Waals surface area contributed by atoms with Crippen LogP contribution in [0.2, 0.25) is 5.15 Å². The zero-order chi connectivity index (χ0) is 15.9. The first-order valence-electron chi connectivity index (χ1n) is 6.57. The van der Waals surface area contributed by atoms with Crippen molar-refractivity contribution < 1.29 is 9.77 Å². The van der Waals surface area contributed by atoms with Crippen molar-refractivity contribution in [3.63, 3.8) is 0 Å². The number of guanidine groups is 1. The summed E-state index contributed by atoms with van der Waals surface area (Å²) in [7, 11) is 0. The van der Waals surface area contributed by atoms with Crippen molar-refractivity contribution >= 4 is 33.5 Å². The lowest BCUT2D eigenvalue weighted by Crippen LogP contribution is -2.35. The number of hydrogen-bond donors (Lipinski definition) is 0. The molecule has 1 aromatic rings. The van der Waals surface area contributed by atoms with Gasteiger partial charge in [0.25, 0.3) is 5.96 Å². The van der Waals surface area contributed by atoms with E-state index in [0.29, 0.717) is 42.7 Å². The van der Waals surface area contributed by atoms with E-state index in [1.807, 2.05) is 11.0 Å². The number of alkyl halides is 1. The average molecular weight is 393 g/mol. The summed E-state index contributed by atoms with van der Waals surface area (Å²) >= 11 is 9.02. The zero-order valence-electron chi connectivity index (χ0n) is 11.7. The predicted molar refractivity (Wildman–Crippen MR) is 85.4 cm³/mol. The number of nitrogens with zero attached hydrogens (tertiary/aromatic N) is 5. The van der Waals surface area contributed by atoms with Crippen LogP contribution in [0.15, 0.2) is 23.4 Å². The van der Waals surface area contributed by atoms with Gasteiger partial charge in [0, 0.05) is 31.2 Å². The molecule has 1 aliphatic rings. The summed E-state index contributed by atoms with van der Waals surface area (Å²) in [5, 5.41) is 14.7. The maximum atomic E-state index is 10.8. The third kappa shape index (κ3) is 4.79. The molecule has 0 amide bonds. The van der Waals surface area contributed by atoms with E-state index in [-0.39, 0.29) is 6.73 Å². The minimum atomic E-state index is -0.689. The third-order valence-electron chi connectivity index (χ3n) is 3.01. The van der Waals surface area contributed by atoms with Crippen LogP contribution in [0, 0.1) is 10.1 Å². The molecule has 1 fully saturated rings. The first-order valence-corrected chi connectivity index (χ1v) is 8.07. The van der Waals surface area contributed by atoms with Crippen molar-refractivity contribution in [2.45, 2.75) is 6.54 Å². The number of hydrogen-bond acceptors (Lipinski definition) is 4. The second-order valence-corrected chi connectivity index (χ2v) is 5.72. The van der Waals surface area contributed by atoms with Gasteiger partial charge in [0.1, 0.15) is 17.0 Å². The van der Waals surface area contributed by atoms with E-state index in [2.05, 4.69) is 26.0 Å². The molecule has 8 nitrogen and oxygen atoms in total. The maximum absolute atomic E-state index is 10.8. The van der Waals surface area contributed by atoms with Crippen molar-refractivity contribution in [2.24, 2.45) is 5.10 Å². The summed E-state index contributed by atoms with van der Waals surface area (Å²) < 4.78 is 5.41. The van der Waals surface area contributed by atoms with Crippen LogP contribution in [0.1, 0.15) is 5.56 Å². The monoisotopic (exact) mass is 391 g/mol. The molecule has 1 aliphatic heterocycles. The quantitative estimate of drug-likeness (QED) is 0.231. The Balaban J connectivity index is 2.06. The lowest BCUT2D eigenvalue weighted by molar-refractivity contribution is -0.486. The highest BCUT2D eigenvalue weighted by Crippen LogP contribution is 2.14. The number of ether oxygens (including phenoxy) is 1. The van der Waals surface area contributed by atoms with E-state index in [9.17, 15) is 10.1 Å². The Bertz CT molecular complexity index is 542. The Morgan fingerprint density at radius 2 is 2.23 bits per heavy atom. The maximum Gasteiger partial charge on any atom is 0.276 e. The molecule has 1 saturated heterocycles. The van der Waals surface area contributed by atoms with E-state index in [4.69, 9.17) is 16.3 Å². The van der Waals surface area contributed by atoms with Crippen LogP contribution in [0.3, 0.4) is 0 Å². The highest BCUT2D eigenvalue weighted by atomic mass is 79.9. The lowest BCUT2D eigenvalue weighted by atomic mass is 10.3. The van der Waals surface area contributed by atoms with Gasteiger partial charge in [-0.2, -0.15) is 0 Å². The molecular weight excluding hydrogens is 378 g/mol. The zero-order valence-corrected chi connectivity index (χ0v) is 14.0. The van der Waals surface area contributed by atoms with Crippen LogP contribution in [0.25, 0.3) is 0 Å². The van der Waals surface area contributed by atoms with Crippen LogP contribution < -0.4 is 0 Å². The molecule has 0 radical (unpaired) electrons. The first kappa shape index (κ1) is 16.9. The highest BCUT2D eigenvalue weighted by molar-refractivity contribution is 9.09. The smallest absolute Gasteiger partial charge is 0.276 e. The molecule has 0 unspecified atom stereocenters. The molecule has 0 aliphatic carbocycles. The Morgan fingerprint density at radius 3 is 2.86 bits per heavy atom. The van der Waals surface area contributed by atoms with Gasteiger partial charge in [-0.25, -0.2) is 15.1 Å². The van der Waals surface area contributed by atoms with E-state index in [1.54, 1.807) is 17.2 Å². The highest BCUT2D eigenvalue weighted by Gasteiger charge is 2.29. The Kier molecular flexibility index (Phi) is 6.34. The first-order chi connectivity index (χ1) is 10.6. The molecule has 0 atom stereocenters. The van der Waals surface area contributed by atoms with Crippen molar-refractivity contribution in [3.05, 3.63) is 39.2 Å². The van der Waals surface area contributed by atoms with Gasteiger partial charge in [-0.05, 0) is 11.6 Å². The fourth-order valence-corrected chi connectivity index (χ4v) is 2.40. The van der Waals surface area contributed by atoms with Gasteiger partial charge >= 0.3 is 0 Å². The number of nitro groups is 1. The number of pyridine rings is 1. The van der Waals surface area contributed by atoms with Crippen LogP contribution in [-0.4, -0.2) is 57.5 Å². The summed E-state index contributed by atoms with van der Waals surface area (Å²) in [5.74, 6) is 0.300. The number of hydrazone groups is 1. The Labute approximate surface area is 141 Å². The standard InChI is InChI=1S/C12H15BrClN5O3/c13-3-6-22-9-18-5-4-17(12(18)16-19(20)21)8-10-1-2-11(14)15-7-10/h1-2,7H,3-6,8-9H2. The van der Waals surface area contributed by atoms with Crippen LogP contribution in [0.5, 0.6) is 0 Å². The second kappa shape index (κ2) is 8.25. The van der Waals surface area contributed by atoms with Gasteiger partial charge in [0.05, 0.1) is 6.61 Å². The van der Waals surface area contributed by atoms with Crippen molar-refractivity contribution in [1.82, 2.24) is 14.8 Å². The Hall–Kier alpha value is -1.45. The normalized spacial score (nSPS) is 16.5. The van der Waals surface area contributed by atoms with E-state index in [0.717, 1.165) is 5.56 Å². The van der Waals surface area contributed by atoms with Crippen LogP contribution in [-0.2, 0) is 11.3 Å². The lowest BCUT2D eigenvalue weighted by Gasteiger charge is -2.20. The second-order valence-electron chi connectivity index (χ2n) is 4.54. The Morgan fingerprint density at radius 1 is 1.45 bits per heavy atom. The molecule has 10 heteroatoms. The largest absolute Gasteiger partial charge is 0.360 e. The minimum Gasteiger partial charge on any atom is -0.360 e. The van der Waals surface area contributed by atoms with E-state index >= 15 is 0 Å². The number of aromatic nitrogens is 1. The third-order valence-corrected chi connectivity index (χ3v) is 3.55. The average Bonchev–Trinajstić information content (AvgIpc) is 2.84. The topological polar surface area (TPSA) is 84.1 Å². The summed E-state index contributed by atoms with van der Waals surface area (Å²) in [6.45, 7) is 2.53. The fourth-order valence-electron chi connectivity index (χ4n) is 2.06. The van der Waals surface area contributed by atoms with E-state index < -0.39 is 5.03 Å². The van der Waals surface area contributed by atoms with Gasteiger partial charge in [-0.3, -0.25) is 0 Å². The van der Waals surface area contributed by atoms with Crippen molar-refractivity contribution in [3.8, 4) is 0 Å². The van der Waals surface area contributed by atoms with Gasteiger partial charge < -0.3 is 14.5 Å². The fraction of sp³-hybridized carbons (Fsp3) is 0.500. The molecule has 2 heterocycles. The summed E-state index contributed by atoms with van der Waals surface area (Å²) in [6, 6.07) is 3.53. The number of rotatable bonds is 7. The molecule has 1 aromatic heterocycles. The predicted octanol–water partition coefficient (Wildman–Crippen LogP) is 1.77. The van der Waals surface area contributed by atoms with Gasteiger partial charge in [-0.1, -0.05) is 33.6 Å². The summed E-state index contributed by atoms with van der Waals surface area (Å²) in [4.78, 5) is 18.3. The molecular formula is C12H15BrClN5O3. The minimum absolute atomic E-state index is 0.271. The molecule has 0 N–H and O–H groups in total. The van der Waals surface area contributed by atoms with Gasteiger partial charge in [0.2, 0.25) is 0 Å². The molecule has 120 valence electrons. The molecule has 0 bridgehead atoms. The molecule has 0 saturated carbocycles. The summed E-state index contributed by atoms with van der Waals surface area (Å²) in [5.41, 5.74) is 0.906. The van der Waals surface area contributed by atoms with Gasteiger partial charge in [-0.15, -0.1) is 0 Å². The van der Waals surface area contributed by atoms with Crippen LogP contribution >= 0.6 is 27.5 Å². The molecule has 2 rings (SSSR count). The molecule has 22 heavy (non-hydrogen) atoms. The SMILES string of the molecule is O=[N+]([O-])N=C1N(COCCBr)CCN1Cc1ccc(Cl)nc1. The van der Waals surface area contributed by atoms with Crippen molar-refractivity contribution in [2.75, 3.05) is 31.8 Å².